The Labute approximate surface area is 156 Å². The topological polar surface area (TPSA) is 105 Å². The van der Waals surface area contributed by atoms with Gasteiger partial charge in [-0.05, 0) is 29.3 Å². The first-order valence-corrected chi connectivity index (χ1v) is 8.34. The second-order valence-corrected chi connectivity index (χ2v) is 5.68. The fraction of sp³-hybridized carbons (Fsp3) is 0.150. The summed E-state index contributed by atoms with van der Waals surface area (Å²) < 4.78 is 0. The Morgan fingerprint density at radius 2 is 1.81 bits per heavy atom. The molecule has 2 amide bonds. The lowest BCUT2D eigenvalue weighted by atomic mass is 9.91. The maximum Gasteiger partial charge on any atom is 0.266 e. The Kier molecular flexibility index (Phi) is 7.13. The van der Waals surface area contributed by atoms with Crippen molar-refractivity contribution in [3.8, 4) is 0 Å². The van der Waals surface area contributed by atoms with Gasteiger partial charge >= 0.3 is 0 Å². The van der Waals surface area contributed by atoms with Crippen molar-refractivity contribution in [1.82, 2.24) is 5.43 Å². The second kappa shape index (κ2) is 9.76. The molecule has 138 valence electrons. The molecule has 0 aromatic heterocycles. The van der Waals surface area contributed by atoms with Gasteiger partial charge in [-0.15, -0.1) is 4.91 Å². The maximum absolute atomic E-state index is 12.7. The highest BCUT2D eigenvalue weighted by Crippen LogP contribution is 2.22. The van der Waals surface area contributed by atoms with Crippen molar-refractivity contribution in [1.29, 1.82) is 0 Å². The number of carbonyl (C=O) groups is 3. The minimum absolute atomic E-state index is 0.209. The minimum Gasteiger partial charge on any atom is -0.325 e. The highest BCUT2D eigenvalue weighted by molar-refractivity contribution is 6.11. The molecule has 0 aliphatic heterocycles. The molecule has 27 heavy (non-hydrogen) atoms. The van der Waals surface area contributed by atoms with E-state index in [1.54, 1.807) is 60.9 Å². The summed E-state index contributed by atoms with van der Waals surface area (Å²) in [6.07, 6.45) is 2.81. The molecular formula is C20H19N3O4. The molecule has 1 atom stereocenters. The number of hydrogen-bond acceptors (Lipinski definition) is 5. The summed E-state index contributed by atoms with van der Waals surface area (Å²) in [5, 5.41) is 5.05. The molecular weight excluding hydrogens is 346 g/mol. The average Bonchev–Trinajstić information content (AvgIpc) is 2.68. The van der Waals surface area contributed by atoms with Crippen LogP contribution in [0, 0.1) is 4.91 Å². The molecule has 2 rings (SSSR count). The summed E-state index contributed by atoms with van der Waals surface area (Å²) in [4.78, 5) is 46.4. The third kappa shape index (κ3) is 5.71. The highest BCUT2D eigenvalue weighted by atomic mass is 16.3. The van der Waals surface area contributed by atoms with Crippen molar-refractivity contribution in [2.75, 3.05) is 5.32 Å². The van der Waals surface area contributed by atoms with Crippen LogP contribution in [0.1, 0.15) is 30.4 Å². The van der Waals surface area contributed by atoms with E-state index < -0.39 is 17.7 Å². The standard InChI is InChI=1S/C20H19N3O4/c1-2-17(24)19(20(26)21-16-9-4-3-5-10-16)15-8-6-7-14(13-15)11-12-18(25)22-23-27/h3-13,19H,2H2,1H3,(H,21,26)(H,22,25,27)/b12-11+. The van der Waals surface area contributed by atoms with Crippen LogP contribution in [-0.2, 0) is 14.4 Å². The van der Waals surface area contributed by atoms with Gasteiger partial charge in [0.25, 0.3) is 5.91 Å². The number of nitroso groups, excluding NO2 is 1. The van der Waals surface area contributed by atoms with Gasteiger partial charge in [0.2, 0.25) is 5.91 Å². The Morgan fingerprint density at radius 1 is 1.07 bits per heavy atom. The summed E-state index contributed by atoms with van der Waals surface area (Å²) in [5.41, 5.74) is 3.48. The number of benzene rings is 2. The number of para-hydroxylation sites is 1. The minimum atomic E-state index is -0.964. The molecule has 2 aromatic carbocycles. The zero-order valence-corrected chi connectivity index (χ0v) is 14.7. The summed E-state index contributed by atoms with van der Waals surface area (Å²) in [7, 11) is 0. The lowest BCUT2D eigenvalue weighted by Crippen LogP contribution is -2.27. The van der Waals surface area contributed by atoms with Crippen molar-refractivity contribution in [2.24, 2.45) is 5.29 Å². The van der Waals surface area contributed by atoms with Gasteiger partial charge in [-0.3, -0.25) is 14.4 Å². The van der Waals surface area contributed by atoms with Gasteiger partial charge in [0.1, 0.15) is 11.7 Å². The van der Waals surface area contributed by atoms with Gasteiger partial charge in [0, 0.05) is 18.2 Å². The number of nitrogens with zero attached hydrogens (tertiary/aromatic N) is 1. The SMILES string of the molecule is CCC(=O)C(C(=O)Nc1ccccc1)c1cccc(/C=C/C(=O)NN=O)c1. The fourth-order valence-electron chi connectivity index (χ4n) is 2.52. The van der Waals surface area contributed by atoms with Crippen LogP contribution in [-0.4, -0.2) is 17.6 Å². The van der Waals surface area contributed by atoms with E-state index in [2.05, 4.69) is 10.6 Å². The van der Waals surface area contributed by atoms with Crippen molar-refractivity contribution in [2.45, 2.75) is 19.3 Å². The summed E-state index contributed by atoms with van der Waals surface area (Å²) in [6.45, 7) is 1.70. The van der Waals surface area contributed by atoms with Gasteiger partial charge in [-0.2, -0.15) is 0 Å². The Morgan fingerprint density at radius 3 is 2.48 bits per heavy atom. The number of anilines is 1. The van der Waals surface area contributed by atoms with Crippen LogP contribution in [0.15, 0.2) is 66.0 Å². The van der Waals surface area contributed by atoms with Crippen molar-refractivity contribution in [3.63, 3.8) is 0 Å². The van der Waals surface area contributed by atoms with Crippen LogP contribution >= 0.6 is 0 Å². The number of nitrogens with one attached hydrogen (secondary N) is 2. The summed E-state index contributed by atoms with van der Waals surface area (Å²) in [6, 6.07) is 15.6. The van der Waals surface area contributed by atoms with Crippen LogP contribution in [0.25, 0.3) is 6.08 Å². The molecule has 2 N–H and O–H groups in total. The number of hydrogen-bond donors (Lipinski definition) is 2. The Hall–Kier alpha value is -3.61. The molecule has 1 unspecified atom stereocenters. The summed E-state index contributed by atoms with van der Waals surface area (Å²) in [5.74, 6) is -2.27. The normalized spacial score (nSPS) is 11.6. The van der Waals surface area contributed by atoms with E-state index in [0.29, 0.717) is 16.8 Å². The first kappa shape index (κ1) is 19.7. The number of rotatable bonds is 8. The Bertz CT molecular complexity index is 863. The van der Waals surface area contributed by atoms with Crippen molar-refractivity contribution < 1.29 is 14.4 Å². The molecule has 0 saturated carbocycles. The predicted octanol–water partition coefficient (Wildman–Crippen LogP) is 3.20. The zero-order valence-electron chi connectivity index (χ0n) is 14.7. The maximum atomic E-state index is 12.7. The van der Waals surface area contributed by atoms with E-state index in [0.717, 1.165) is 6.08 Å². The van der Waals surface area contributed by atoms with E-state index >= 15 is 0 Å². The predicted molar refractivity (Wildman–Crippen MR) is 103 cm³/mol. The third-order valence-electron chi connectivity index (χ3n) is 3.80. The van der Waals surface area contributed by atoms with Crippen LogP contribution in [0.2, 0.25) is 0 Å². The van der Waals surface area contributed by atoms with Gasteiger partial charge < -0.3 is 5.32 Å². The van der Waals surface area contributed by atoms with E-state index in [1.807, 2.05) is 6.07 Å². The molecule has 0 bridgehead atoms. The molecule has 0 spiro atoms. The van der Waals surface area contributed by atoms with Crippen molar-refractivity contribution in [3.05, 3.63) is 76.7 Å². The average molecular weight is 365 g/mol. The first-order chi connectivity index (χ1) is 13.0. The molecule has 2 aromatic rings. The fourth-order valence-corrected chi connectivity index (χ4v) is 2.52. The van der Waals surface area contributed by atoms with Gasteiger partial charge in [0.05, 0.1) is 5.29 Å². The molecule has 7 nitrogen and oxygen atoms in total. The van der Waals surface area contributed by atoms with Gasteiger partial charge in [-0.25, -0.2) is 5.43 Å². The number of ketones is 1. The largest absolute Gasteiger partial charge is 0.325 e. The van der Waals surface area contributed by atoms with E-state index in [9.17, 15) is 19.3 Å². The molecule has 0 fully saturated rings. The number of Topliss-reactive ketones (excluding diaryl/α,β-unsaturated/α-hetero) is 1. The molecule has 7 heteroatoms. The van der Waals surface area contributed by atoms with E-state index in [-0.39, 0.29) is 12.2 Å². The zero-order chi connectivity index (χ0) is 19.6. The van der Waals surface area contributed by atoms with Crippen molar-refractivity contribution >= 4 is 29.4 Å². The van der Waals surface area contributed by atoms with Crippen LogP contribution < -0.4 is 10.7 Å². The molecule has 0 heterocycles. The number of amides is 2. The molecule has 0 radical (unpaired) electrons. The molecule has 0 aliphatic carbocycles. The Balaban J connectivity index is 2.27. The smallest absolute Gasteiger partial charge is 0.266 e. The van der Waals surface area contributed by atoms with Crippen LogP contribution in [0.4, 0.5) is 5.69 Å². The van der Waals surface area contributed by atoms with Crippen LogP contribution in [0.5, 0.6) is 0 Å². The highest BCUT2D eigenvalue weighted by Gasteiger charge is 2.27. The quantitative estimate of drug-likeness (QED) is 0.324. The van der Waals surface area contributed by atoms with E-state index in [4.69, 9.17) is 0 Å². The van der Waals surface area contributed by atoms with Gasteiger partial charge in [0.15, 0.2) is 0 Å². The second-order valence-electron chi connectivity index (χ2n) is 5.68. The molecule has 0 aliphatic rings. The third-order valence-corrected chi connectivity index (χ3v) is 3.80. The first-order valence-electron chi connectivity index (χ1n) is 8.34. The van der Waals surface area contributed by atoms with Gasteiger partial charge in [-0.1, -0.05) is 49.4 Å². The van der Waals surface area contributed by atoms with E-state index in [1.165, 1.54) is 6.08 Å². The lowest BCUT2D eigenvalue weighted by Gasteiger charge is -2.16. The number of carbonyl (C=O) groups excluding carboxylic acids is 3. The summed E-state index contributed by atoms with van der Waals surface area (Å²) >= 11 is 0. The lowest BCUT2D eigenvalue weighted by molar-refractivity contribution is -0.127. The molecule has 0 saturated heterocycles. The monoisotopic (exact) mass is 365 g/mol. The van der Waals surface area contributed by atoms with Crippen LogP contribution in [0.3, 0.4) is 0 Å².